The highest BCUT2D eigenvalue weighted by Crippen LogP contribution is 2.44. The zero-order valence-corrected chi connectivity index (χ0v) is 84.1. The minimum atomic E-state index is -1.08. The van der Waals surface area contributed by atoms with Crippen LogP contribution in [0, 0.1) is 0 Å². The number of aromatic nitrogens is 10. The maximum atomic E-state index is 11.6. The van der Waals surface area contributed by atoms with E-state index in [9.17, 15) is 4.79 Å². The molecule has 2 aliphatic heterocycles. The Hall–Kier alpha value is -8.57. The monoisotopic (exact) mass is 2110 g/mol. The van der Waals surface area contributed by atoms with Crippen LogP contribution in [0.25, 0.3) is 0 Å². The van der Waals surface area contributed by atoms with Crippen molar-refractivity contribution in [3.8, 4) is 5.75 Å². The van der Waals surface area contributed by atoms with E-state index >= 15 is 0 Å². The molecule has 0 saturated carbocycles. The Kier molecular flexibility index (Phi) is 40.1. The van der Waals surface area contributed by atoms with Gasteiger partial charge in [0, 0.05) is 207 Å². The van der Waals surface area contributed by atoms with Crippen molar-refractivity contribution in [3.63, 3.8) is 0 Å². The highest BCUT2D eigenvalue weighted by Gasteiger charge is 2.45. The van der Waals surface area contributed by atoms with E-state index in [2.05, 4.69) is 68.4 Å². The van der Waals surface area contributed by atoms with Gasteiger partial charge in [0.1, 0.15) is 36.9 Å². The van der Waals surface area contributed by atoms with Gasteiger partial charge in [-0.15, -0.1) is 23.5 Å². The average molecular weight is 2120 g/mol. The Labute approximate surface area is 857 Å². The number of piperazine rings is 1. The fourth-order valence-electron chi connectivity index (χ4n) is 14.1. The summed E-state index contributed by atoms with van der Waals surface area (Å²) >= 11 is 90.0. The molecule has 0 N–H and O–H groups in total. The van der Waals surface area contributed by atoms with E-state index in [-0.39, 0.29) is 30.0 Å². The first-order valence-corrected chi connectivity index (χ1v) is 49.3. The van der Waals surface area contributed by atoms with Gasteiger partial charge in [-0.2, -0.15) is 0 Å². The molecule has 0 radical (unpaired) electrons. The number of amides is 1. The fourth-order valence-corrected chi connectivity index (χ4v) is 20.2. The average Bonchev–Trinajstić information content (AvgIpc) is 1.60. The largest absolute Gasteiger partial charge is 0.491 e. The standard InChI is InChI=1S/C26H28Cl2N4O4.C19H18Cl2N2S.C18H13Cl4N3O.C18H15Cl3N2O.C18H15Cl3N2S/c1-19(33)31-10-12-32(13-11-31)21-3-5-22(6-4-21)34-15-23-16-35-26(36-23,17-30-9-8-29-18-30)24-7-2-20(27)14-25(24)28;20-17-7-4-8-18(21)19(17)24-16(13-23-12-11-22-14-23)10-9-15-5-2-1-3-6-15;19-13-2-1-12(16(21)7-13)10-26-24-18(9-25-6-5-23-11-25)15-4-3-14(20)8-17(15)22;2*19-14-3-1-13(2-4-14)11-24-18(10-23-8-7-22-12-23)16-6-5-15(20)9-17(16)21/h2-9,14,18,23H,10-13,15-17H2,1H3;1-8,11-12,14,16H,9-10,13H2;1-8,11H,9-10H2;2*1-9,12,18H,10-11H2/b;;24-18+;;/t23-,26-;;;;/m1..../s1. The molecule has 0 aliphatic carbocycles. The third-order valence-corrected chi connectivity index (χ3v) is 27.9. The van der Waals surface area contributed by atoms with Crippen molar-refractivity contribution in [2.24, 2.45) is 5.16 Å². The first-order valence-electron chi connectivity index (χ1n) is 42.0. The van der Waals surface area contributed by atoms with Gasteiger partial charge in [-0.05, 0) is 162 Å². The molecule has 3 unspecified atom stereocenters. The predicted molar refractivity (Wildman–Crippen MR) is 549 cm³/mol. The number of benzene rings is 10. The number of oxime groups is 1. The second-order valence-electron chi connectivity index (χ2n) is 30.6. The molecule has 5 atom stereocenters. The van der Waals surface area contributed by atoms with Crippen LogP contribution < -0.4 is 9.64 Å². The van der Waals surface area contributed by atoms with Crippen LogP contribution in [0.15, 0.2) is 316 Å². The van der Waals surface area contributed by atoms with Crippen LogP contribution in [0.3, 0.4) is 0 Å². The molecule has 10 aromatic carbocycles. The van der Waals surface area contributed by atoms with Crippen molar-refractivity contribution in [1.82, 2.24) is 52.7 Å². The smallest absolute Gasteiger partial charge is 0.219 e. The molecule has 19 nitrogen and oxygen atoms in total. The maximum absolute atomic E-state index is 11.6. The molecule has 2 saturated heterocycles. The van der Waals surface area contributed by atoms with Gasteiger partial charge in [0.05, 0.1) is 84.6 Å². The summed E-state index contributed by atoms with van der Waals surface area (Å²) in [7, 11) is 0. The van der Waals surface area contributed by atoms with Crippen LogP contribution in [-0.2, 0) is 87.7 Å². The Balaban J connectivity index is 0.000000144. The summed E-state index contributed by atoms with van der Waals surface area (Å²) in [6.45, 7) is 9.17. The molecule has 35 heteroatoms. The molecule has 0 bridgehead atoms. The van der Waals surface area contributed by atoms with Crippen molar-refractivity contribution < 1.29 is 28.6 Å². The summed E-state index contributed by atoms with van der Waals surface area (Å²) in [6, 6.07) is 66.5. The van der Waals surface area contributed by atoms with Crippen molar-refractivity contribution in [2.45, 2.75) is 105 Å². The van der Waals surface area contributed by atoms with Crippen molar-refractivity contribution >= 4 is 203 Å². The number of rotatable bonds is 32. The zero-order valence-electron chi connectivity index (χ0n) is 71.9. The second-order valence-corrected chi connectivity index (χ2v) is 39.1. The number of thioether (sulfide) groups is 2. The number of carbonyl (C=O) groups is 1. The number of hydrogen-bond donors (Lipinski definition) is 0. The molecule has 7 heterocycles. The number of anilines is 1. The Morgan fingerprint density at radius 2 is 1.01 bits per heavy atom. The van der Waals surface area contributed by atoms with Crippen molar-refractivity contribution in [3.05, 3.63) is 421 Å². The molecule has 134 heavy (non-hydrogen) atoms. The summed E-state index contributed by atoms with van der Waals surface area (Å²) in [5.74, 6) is 0.669. The molecule has 696 valence electrons. The molecule has 0 spiro atoms. The lowest BCUT2D eigenvalue weighted by molar-refractivity contribution is -0.189. The summed E-state index contributed by atoms with van der Waals surface area (Å²) in [5, 5.41) is 13.4. The lowest BCUT2D eigenvalue weighted by atomic mass is 10.1. The van der Waals surface area contributed by atoms with Crippen LogP contribution in [0.4, 0.5) is 5.69 Å². The Morgan fingerprint density at radius 1 is 0.485 bits per heavy atom. The quantitative estimate of drug-likeness (QED) is 0.0221. The van der Waals surface area contributed by atoms with E-state index < -0.39 is 5.79 Å². The summed E-state index contributed by atoms with van der Waals surface area (Å²) in [4.78, 5) is 42.7. The topological polar surface area (TPSA) is 171 Å². The molecule has 15 aromatic rings. The van der Waals surface area contributed by atoms with E-state index in [4.69, 9.17) is 186 Å². The Morgan fingerprint density at radius 3 is 1.57 bits per heavy atom. The van der Waals surface area contributed by atoms with E-state index in [1.165, 1.54) is 11.1 Å². The predicted octanol–water partition coefficient (Wildman–Crippen LogP) is 28.6. The number of carbonyl (C=O) groups excluding carboxylic acids is 1. The Bertz CT molecular complexity index is 6030. The maximum Gasteiger partial charge on any atom is 0.219 e. The number of ether oxygens (including phenoxy) is 4. The number of aryl methyl sites for hydroxylation is 1. The second kappa shape index (κ2) is 52.3. The van der Waals surface area contributed by atoms with Gasteiger partial charge in [0.2, 0.25) is 11.7 Å². The minimum Gasteiger partial charge on any atom is -0.491 e. The van der Waals surface area contributed by atoms with Gasteiger partial charge in [0.15, 0.2) is 0 Å². The summed E-state index contributed by atoms with van der Waals surface area (Å²) in [6.07, 6.45) is 28.6. The van der Waals surface area contributed by atoms with E-state index in [1.54, 1.807) is 129 Å². The highest BCUT2D eigenvalue weighted by atomic mass is 35.5. The summed E-state index contributed by atoms with van der Waals surface area (Å²) < 4.78 is 34.7. The first-order chi connectivity index (χ1) is 64.9. The molecule has 2 aliphatic rings. The lowest BCUT2D eigenvalue weighted by Crippen LogP contribution is -2.48. The fraction of sp³-hybridized carbons (Fsp3) is 0.222. The van der Waals surface area contributed by atoms with E-state index in [0.29, 0.717) is 121 Å². The third kappa shape index (κ3) is 31.7. The highest BCUT2D eigenvalue weighted by molar-refractivity contribution is 8.00. The zero-order chi connectivity index (χ0) is 94.3. The van der Waals surface area contributed by atoms with Gasteiger partial charge in [-0.1, -0.05) is 252 Å². The lowest BCUT2D eigenvalue weighted by Gasteiger charge is -2.35. The molecule has 5 aromatic heterocycles. The van der Waals surface area contributed by atoms with Crippen molar-refractivity contribution in [2.75, 3.05) is 44.3 Å². The van der Waals surface area contributed by atoms with Crippen LogP contribution in [0.5, 0.6) is 5.75 Å². The van der Waals surface area contributed by atoms with Gasteiger partial charge in [-0.3, -0.25) is 4.79 Å². The number of imidazole rings is 5. The van der Waals surface area contributed by atoms with Crippen LogP contribution >= 0.6 is 186 Å². The van der Waals surface area contributed by atoms with E-state index in [0.717, 1.165) is 107 Å². The van der Waals surface area contributed by atoms with Gasteiger partial charge in [-0.25, -0.2) is 24.9 Å². The molecular formula is C99H89Cl14N13O6S2. The molecular weight excluding hydrogens is 2030 g/mol. The third-order valence-electron chi connectivity index (χ3n) is 21.1. The van der Waals surface area contributed by atoms with Gasteiger partial charge >= 0.3 is 0 Å². The van der Waals surface area contributed by atoms with Gasteiger partial charge in [0.25, 0.3) is 0 Å². The summed E-state index contributed by atoms with van der Waals surface area (Å²) in [5.41, 5.74) is 9.55. The number of nitrogens with zero attached hydrogens (tertiary/aromatic N) is 13. The van der Waals surface area contributed by atoms with Crippen LogP contribution in [0.1, 0.15) is 69.2 Å². The normalized spacial score (nSPS) is 14.8. The van der Waals surface area contributed by atoms with Crippen molar-refractivity contribution in [1.29, 1.82) is 0 Å². The number of hydrogen-bond acceptors (Lipinski definition) is 15. The first kappa shape index (κ1) is 103. The SMILES string of the molecule is CC(=O)N1CCN(c2ccc(OC[C@@H]3CO[C@@](Cn4ccnc4)(c4ccc(Cl)cc4Cl)O3)cc2)CC1.Clc1ccc(CO/N=C(\Cn2ccnc2)c2ccc(Cl)cc2Cl)c(Cl)c1.Clc1ccc(COC(Cn2ccnc2)c2ccc(Cl)cc2Cl)cc1.Clc1ccc(CSC(Cn2ccnc2)c2ccc(Cl)cc2Cl)cc1.Clc1cccc(Cl)c1SC(CCc1ccccc1)Cn1ccnc1. The van der Waals surface area contributed by atoms with Gasteiger partial charge < -0.3 is 56.4 Å². The van der Waals surface area contributed by atoms with Crippen LogP contribution in [-0.4, -0.2) is 115 Å². The molecule has 2 fully saturated rings. The minimum absolute atomic E-state index is 0.129. The molecule has 17 rings (SSSR count). The van der Waals surface area contributed by atoms with Crippen LogP contribution in [0.2, 0.25) is 70.3 Å². The van der Waals surface area contributed by atoms with E-state index in [1.807, 2.05) is 201 Å². The number of halogens is 14. The molecule has 1 amide bonds.